The molecule has 1 aliphatic rings. The van der Waals surface area contributed by atoms with Crippen molar-refractivity contribution in [1.29, 1.82) is 0 Å². The maximum atomic E-state index is 5.29. The summed E-state index contributed by atoms with van der Waals surface area (Å²) in [6.07, 6.45) is 2.70. The van der Waals surface area contributed by atoms with Crippen LogP contribution in [0.15, 0.2) is 0 Å². The highest BCUT2D eigenvalue weighted by molar-refractivity contribution is 4.78. The van der Waals surface area contributed by atoms with Gasteiger partial charge in [0, 0.05) is 20.2 Å². The molecule has 1 saturated heterocycles. The quantitative estimate of drug-likeness (QED) is 0.711. The van der Waals surface area contributed by atoms with Gasteiger partial charge in [-0.15, -0.1) is 0 Å². The van der Waals surface area contributed by atoms with Crippen molar-refractivity contribution < 1.29 is 4.74 Å². The van der Waals surface area contributed by atoms with Gasteiger partial charge in [0.05, 0.1) is 6.61 Å². The summed E-state index contributed by atoms with van der Waals surface area (Å²) in [5.74, 6) is 1.48. The number of nitrogens with one attached hydrogen (secondary N) is 1. The standard InChI is InChI=1S/C11H24N2O/c1-12-7-11(9-14-3)10-5-4-6-13(2)8-10/h10-12H,4-9H2,1-3H3. The van der Waals surface area contributed by atoms with Crippen LogP contribution >= 0.6 is 0 Å². The van der Waals surface area contributed by atoms with Crippen LogP contribution in [-0.4, -0.2) is 52.3 Å². The Balaban J connectivity index is 2.39. The Morgan fingerprint density at radius 1 is 1.57 bits per heavy atom. The Morgan fingerprint density at radius 2 is 2.36 bits per heavy atom. The second-order valence-electron chi connectivity index (χ2n) is 4.44. The molecule has 3 heteroatoms. The minimum absolute atomic E-state index is 0.674. The predicted octanol–water partition coefficient (Wildman–Crippen LogP) is 0.810. The van der Waals surface area contributed by atoms with Crippen LogP contribution in [0.4, 0.5) is 0 Å². The van der Waals surface area contributed by atoms with Crippen LogP contribution in [0.2, 0.25) is 0 Å². The molecule has 0 aromatic heterocycles. The molecule has 1 heterocycles. The van der Waals surface area contributed by atoms with Crippen molar-refractivity contribution in [3.05, 3.63) is 0 Å². The lowest BCUT2D eigenvalue weighted by atomic mass is 9.86. The summed E-state index contributed by atoms with van der Waals surface area (Å²) >= 11 is 0. The molecule has 0 bridgehead atoms. The second-order valence-corrected chi connectivity index (χ2v) is 4.44. The number of likely N-dealkylation sites (tertiary alicyclic amines) is 1. The highest BCUT2D eigenvalue weighted by atomic mass is 16.5. The van der Waals surface area contributed by atoms with Crippen LogP contribution in [0.1, 0.15) is 12.8 Å². The van der Waals surface area contributed by atoms with Crippen LogP contribution in [0.5, 0.6) is 0 Å². The van der Waals surface area contributed by atoms with Gasteiger partial charge in [-0.25, -0.2) is 0 Å². The SMILES string of the molecule is CNCC(COC)C1CCCN(C)C1. The second kappa shape index (κ2) is 6.38. The Hall–Kier alpha value is -0.120. The van der Waals surface area contributed by atoms with Crippen molar-refractivity contribution in [3.63, 3.8) is 0 Å². The molecule has 1 aliphatic heterocycles. The van der Waals surface area contributed by atoms with Gasteiger partial charge in [-0.2, -0.15) is 0 Å². The zero-order valence-corrected chi connectivity index (χ0v) is 9.75. The molecule has 0 aliphatic carbocycles. The summed E-state index contributed by atoms with van der Waals surface area (Å²) in [5, 5.41) is 3.27. The lowest BCUT2D eigenvalue weighted by Gasteiger charge is -2.34. The molecule has 0 radical (unpaired) electrons. The van der Waals surface area contributed by atoms with Crippen LogP contribution in [0, 0.1) is 11.8 Å². The molecular formula is C11H24N2O. The van der Waals surface area contributed by atoms with Gasteiger partial charge in [-0.3, -0.25) is 0 Å². The number of hydrogen-bond donors (Lipinski definition) is 1. The number of hydrogen-bond acceptors (Lipinski definition) is 3. The van der Waals surface area contributed by atoms with Crippen LogP contribution in [0.25, 0.3) is 0 Å². The summed E-state index contributed by atoms with van der Waals surface area (Å²) in [4.78, 5) is 2.44. The molecular weight excluding hydrogens is 176 g/mol. The smallest absolute Gasteiger partial charge is 0.0505 e. The zero-order valence-electron chi connectivity index (χ0n) is 9.75. The van der Waals surface area contributed by atoms with E-state index in [2.05, 4.69) is 17.3 Å². The highest BCUT2D eigenvalue weighted by Crippen LogP contribution is 2.23. The molecule has 2 unspecified atom stereocenters. The van der Waals surface area contributed by atoms with Crippen LogP contribution in [-0.2, 0) is 4.74 Å². The first kappa shape index (κ1) is 12.0. The molecule has 0 amide bonds. The maximum absolute atomic E-state index is 5.29. The van der Waals surface area contributed by atoms with E-state index in [9.17, 15) is 0 Å². The van der Waals surface area contributed by atoms with E-state index >= 15 is 0 Å². The number of piperidine rings is 1. The summed E-state index contributed by atoms with van der Waals surface area (Å²) in [6.45, 7) is 4.46. The average Bonchev–Trinajstić information content (AvgIpc) is 2.17. The molecule has 14 heavy (non-hydrogen) atoms. The van der Waals surface area contributed by atoms with Gasteiger partial charge >= 0.3 is 0 Å². The summed E-state index contributed by atoms with van der Waals surface area (Å²) in [6, 6.07) is 0. The molecule has 0 spiro atoms. The largest absolute Gasteiger partial charge is 0.384 e. The number of ether oxygens (including phenoxy) is 1. The molecule has 0 aromatic rings. The first-order valence-corrected chi connectivity index (χ1v) is 5.60. The minimum atomic E-state index is 0.674. The van der Waals surface area contributed by atoms with E-state index < -0.39 is 0 Å². The van der Waals surface area contributed by atoms with E-state index in [1.807, 2.05) is 7.05 Å². The molecule has 1 fully saturated rings. The monoisotopic (exact) mass is 200 g/mol. The van der Waals surface area contributed by atoms with Crippen molar-refractivity contribution >= 4 is 0 Å². The maximum Gasteiger partial charge on any atom is 0.0505 e. The van der Waals surface area contributed by atoms with Gasteiger partial charge in [0.25, 0.3) is 0 Å². The summed E-state index contributed by atoms with van der Waals surface area (Å²) < 4.78 is 5.29. The Kier molecular flexibility index (Phi) is 5.45. The summed E-state index contributed by atoms with van der Waals surface area (Å²) in [7, 11) is 6.04. The lowest BCUT2D eigenvalue weighted by Crippen LogP contribution is -2.40. The van der Waals surface area contributed by atoms with Gasteiger partial charge in [0.15, 0.2) is 0 Å². The normalized spacial score (nSPS) is 26.4. The van der Waals surface area contributed by atoms with Crippen LogP contribution < -0.4 is 5.32 Å². The average molecular weight is 200 g/mol. The Labute approximate surface area is 87.8 Å². The highest BCUT2D eigenvalue weighted by Gasteiger charge is 2.25. The number of rotatable bonds is 5. The predicted molar refractivity (Wildman–Crippen MR) is 59.5 cm³/mol. The zero-order chi connectivity index (χ0) is 10.4. The molecule has 84 valence electrons. The third-order valence-corrected chi connectivity index (χ3v) is 3.17. The minimum Gasteiger partial charge on any atom is -0.384 e. The van der Waals surface area contributed by atoms with Gasteiger partial charge in [-0.1, -0.05) is 0 Å². The van der Waals surface area contributed by atoms with Crippen molar-refractivity contribution in [2.75, 3.05) is 47.4 Å². The van der Waals surface area contributed by atoms with Crippen molar-refractivity contribution in [2.24, 2.45) is 11.8 Å². The topological polar surface area (TPSA) is 24.5 Å². The summed E-state index contributed by atoms with van der Waals surface area (Å²) in [5.41, 5.74) is 0. The van der Waals surface area contributed by atoms with Crippen molar-refractivity contribution in [3.8, 4) is 0 Å². The van der Waals surface area contributed by atoms with Gasteiger partial charge in [-0.05, 0) is 45.3 Å². The van der Waals surface area contributed by atoms with E-state index in [-0.39, 0.29) is 0 Å². The van der Waals surface area contributed by atoms with Gasteiger partial charge < -0.3 is 15.0 Å². The fourth-order valence-electron chi connectivity index (χ4n) is 2.43. The molecule has 1 N–H and O–H groups in total. The molecule has 0 saturated carbocycles. The van der Waals surface area contributed by atoms with E-state index in [0.29, 0.717) is 5.92 Å². The first-order chi connectivity index (χ1) is 6.77. The van der Waals surface area contributed by atoms with Crippen molar-refractivity contribution in [2.45, 2.75) is 12.8 Å². The third-order valence-electron chi connectivity index (χ3n) is 3.17. The van der Waals surface area contributed by atoms with Gasteiger partial charge in [0.2, 0.25) is 0 Å². The Morgan fingerprint density at radius 3 is 2.93 bits per heavy atom. The number of methoxy groups -OCH3 is 1. The fraction of sp³-hybridized carbons (Fsp3) is 1.00. The van der Waals surface area contributed by atoms with E-state index in [4.69, 9.17) is 4.74 Å². The molecule has 2 atom stereocenters. The molecule has 1 rings (SSSR count). The van der Waals surface area contributed by atoms with Crippen LogP contribution in [0.3, 0.4) is 0 Å². The number of nitrogens with zero attached hydrogens (tertiary/aromatic N) is 1. The van der Waals surface area contributed by atoms with Crippen molar-refractivity contribution in [1.82, 2.24) is 10.2 Å². The van der Waals surface area contributed by atoms with E-state index in [1.54, 1.807) is 7.11 Å². The van der Waals surface area contributed by atoms with E-state index in [0.717, 1.165) is 19.1 Å². The first-order valence-electron chi connectivity index (χ1n) is 5.60. The lowest BCUT2D eigenvalue weighted by molar-refractivity contribution is 0.0832. The Bertz CT molecular complexity index is 143. The van der Waals surface area contributed by atoms with E-state index in [1.165, 1.54) is 25.9 Å². The fourth-order valence-corrected chi connectivity index (χ4v) is 2.43. The van der Waals surface area contributed by atoms with Gasteiger partial charge in [0.1, 0.15) is 0 Å². The molecule has 3 nitrogen and oxygen atoms in total. The molecule has 0 aromatic carbocycles. The third kappa shape index (κ3) is 3.56.